The Morgan fingerprint density at radius 3 is 2.85 bits per heavy atom. The van der Waals surface area contributed by atoms with Crippen LogP contribution in [0.25, 0.3) is 11.4 Å². The molecule has 1 aromatic carbocycles. The summed E-state index contributed by atoms with van der Waals surface area (Å²) in [5.74, 6) is 0.740. The Labute approximate surface area is 161 Å². The first kappa shape index (κ1) is 17.5. The SMILES string of the molecule is NC(=O)c1cnccc1N1CCCC(c2nc(-c3ccc(Cl)cc3)no2)C1. The van der Waals surface area contributed by atoms with Gasteiger partial charge in [-0.25, -0.2) is 0 Å². The van der Waals surface area contributed by atoms with Crippen molar-refractivity contribution in [3.8, 4) is 11.4 Å². The van der Waals surface area contributed by atoms with Crippen molar-refractivity contribution in [2.75, 3.05) is 18.0 Å². The Morgan fingerprint density at radius 2 is 2.07 bits per heavy atom. The van der Waals surface area contributed by atoms with E-state index in [2.05, 4.69) is 20.0 Å². The summed E-state index contributed by atoms with van der Waals surface area (Å²) in [7, 11) is 0. The lowest BCUT2D eigenvalue weighted by Crippen LogP contribution is -2.36. The maximum Gasteiger partial charge on any atom is 0.252 e. The molecule has 1 fully saturated rings. The number of pyridine rings is 1. The lowest BCUT2D eigenvalue weighted by atomic mass is 9.97. The molecule has 0 spiro atoms. The van der Waals surface area contributed by atoms with Crippen LogP contribution in [0, 0.1) is 0 Å². The Hall–Kier alpha value is -2.93. The molecule has 2 N–H and O–H groups in total. The van der Waals surface area contributed by atoms with Crippen LogP contribution in [0.4, 0.5) is 5.69 Å². The number of aromatic nitrogens is 3. The van der Waals surface area contributed by atoms with Crippen LogP contribution in [0.15, 0.2) is 47.2 Å². The monoisotopic (exact) mass is 383 g/mol. The lowest BCUT2D eigenvalue weighted by molar-refractivity contribution is 0.100. The van der Waals surface area contributed by atoms with E-state index in [4.69, 9.17) is 21.9 Å². The summed E-state index contributed by atoms with van der Waals surface area (Å²) in [5, 5.41) is 4.76. The molecule has 2 aromatic heterocycles. The smallest absolute Gasteiger partial charge is 0.252 e. The van der Waals surface area contributed by atoms with E-state index < -0.39 is 5.91 Å². The average molecular weight is 384 g/mol. The predicted molar refractivity (Wildman–Crippen MR) is 102 cm³/mol. The van der Waals surface area contributed by atoms with E-state index in [1.165, 1.54) is 6.20 Å². The van der Waals surface area contributed by atoms with E-state index >= 15 is 0 Å². The zero-order chi connectivity index (χ0) is 18.8. The number of nitrogens with zero attached hydrogens (tertiary/aromatic N) is 4. The zero-order valence-electron chi connectivity index (χ0n) is 14.5. The van der Waals surface area contributed by atoms with Crippen LogP contribution in [0.2, 0.25) is 5.02 Å². The summed E-state index contributed by atoms with van der Waals surface area (Å²) in [4.78, 5) is 22.4. The van der Waals surface area contributed by atoms with Crippen LogP contribution in [-0.4, -0.2) is 34.1 Å². The molecule has 7 nitrogen and oxygen atoms in total. The van der Waals surface area contributed by atoms with Gasteiger partial charge in [-0.15, -0.1) is 0 Å². The summed E-state index contributed by atoms with van der Waals surface area (Å²) in [5.41, 5.74) is 7.56. The third-order valence-electron chi connectivity index (χ3n) is 4.72. The van der Waals surface area contributed by atoms with Crippen LogP contribution in [-0.2, 0) is 0 Å². The van der Waals surface area contributed by atoms with Gasteiger partial charge in [0.2, 0.25) is 11.7 Å². The molecule has 8 heteroatoms. The van der Waals surface area contributed by atoms with Gasteiger partial charge in [0.1, 0.15) is 0 Å². The van der Waals surface area contributed by atoms with E-state index in [-0.39, 0.29) is 5.92 Å². The van der Waals surface area contributed by atoms with Crippen LogP contribution < -0.4 is 10.6 Å². The summed E-state index contributed by atoms with van der Waals surface area (Å²) in [6.45, 7) is 1.51. The van der Waals surface area contributed by atoms with Gasteiger partial charge in [0, 0.05) is 36.1 Å². The van der Waals surface area contributed by atoms with Crippen molar-refractivity contribution in [2.45, 2.75) is 18.8 Å². The summed E-state index contributed by atoms with van der Waals surface area (Å²) < 4.78 is 5.53. The summed E-state index contributed by atoms with van der Waals surface area (Å²) in [6, 6.07) is 9.13. The van der Waals surface area contributed by atoms with Gasteiger partial charge in [-0.2, -0.15) is 4.98 Å². The van der Waals surface area contributed by atoms with E-state index in [0.29, 0.717) is 28.8 Å². The first-order chi connectivity index (χ1) is 13.1. The van der Waals surface area contributed by atoms with Gasteiger partial charge in [0.25, 0.3) is 5.91 Å². The van der Waals surface area contributed by atoms with Crippen LogP contribution in [0.3, 0.4) is 0 Å². The molecule has 3 aromatic rings. The lowest BCUT2D eigenvalue weighted by Gasteiger charge is -2.33. The quantitative estimate of drug-likeness (QED) is 0.742. The Balaban J connectivity index is 1.56. The van der Waals surface area contributed by atoms with Gasteiger partial charge >= 0.3 is 0 Å². The minimum absolute atomic E-state index is 0.0844. The number of rotatable bonds is 4. The van der Waals surface area contributed by atoms with Crippen molar-refractivity contribution < 1.29 is 9.32 Å². The molecule has 27 heavy (non-hydrogen) atoms. The number of nitrogens with two attached hydrogens (primary N) is 1. The molecule has 1 atom stereocenters. The van der Waals surface area contributed by atoms with Crippen LogP contribution >= 0.6 is 11.6 Å². The van der Waals surface area contributed by atoms with Crippen molar-refractivity contribution in [2.24, 2.45) is 5.73 Å². The fourth-order valence-electron chi connectivity index (χ4n) is 3.37. The molecule has 1 aliphatic heterocycles. The van der Waals surface area contributed by atoms with Crippen LogP contribution in [0.5, 0.6) is 0 Å². The number of anilines is 1. The largest absolute Gasteiger partial charge is 0.370 e. The molecule has 1 aliphatic rings. The minimum atomic E-state index is -0.483. The van der Waals surface area contributed by atoms with E-state index in [1.807, 2.05) is 18.2 Å². The minimum Gasteiger partial charge on any atom is -0.370 e. The number of amides is 1. The molecule has 0 aliphatic carbocycles. The topological polar surface area (TPSA) is 98.1 Å². The normalized spacial score (nSPS) is 17.1. The molecular weight excluding hydrogens is 366 g/mol. The fourth-order valence-corrected chi connectivity index (χ4v) is 3.49. The molecule has 0 saturated carbocycles. The Bertz CT molecular complexity index is 957. The highest BCUT2D eigenvalue weighted by Gasteiger charge is 2.28. The molecule has 1 saturated heterocycles. The fraction of sp³-hybridized carbons (Fsp3) is 0.263. The maximum absolute atomic E-state index is 11.7. The van der Waals surface area contributed by atoms with E-state index in [0.717, 1.165) is 30.6 Å². The third kappa shape index (κ3) is 3.64. The average Bonchev–Trinajstić information content (AvgIpc) is 3.19. The number of halogens is 1. The van der Waals surface area contributed by atoms with Gasteiger partial charge in [-0.1, -0.05) is 16.8 Å². The highest BCUT2D eigenvalue weighted by Crippen LogP contribution is 2.31. The number of hydrogen-bond acceptors (Lipinski definition) is 6. The number of primary amides is 1. The predicted octanol–water partition coefficient (Wildman–Crippen LogP) is 3.27. The standard InChI is InChI=1S/C19H18ClN5O2/c20-14-5-3-12(4-6-14)18-23-19(27-24-18)13-2-1-9-25(11-13)16-7-8-22-10-15(16)17(21)26/h3-8,10,13H,1-2,9,11H2,(H2,21,26). The third-order valence-corrected chi connectivity index (χ3v) is 4.97. The van der Waals surface area contributed by atoms with Crippen molar-refractivity contribution in [1.29, 1.82) is 0 Å². The summed E-state index contributed by atoms with van der Waals surface area (Å²) in [6.07, 6.45) is 5.06. The van der Waals surface area contributed by atoms with Gasteiger partial charge in [0.05, 0.1) is 17.2 Å². The molecular formula is C19H18ClN5O2. The molecule has 0 radical (unpaired) electrons. The van der Waals surface area contributed by atoms with Crippen molar-refractivity contribution in [1.82, 2.24) is 15.1 Å². The highest BCUT2D eigenvalue weighted by molar-refractivity contribution is 6.30. The Kier molecular flexibility index (Phi) is 4.77. The maximum atomic E-state index is 11.7. The van der Waals surface area contributed by atoms with Gasteiger partial charge in [0.15, 0.2) is 0 Å². The molecule has 1 amide bonds. The van der Waals surface area contributed by atoms with E-state index in [9.17, 15) is 4.79 Å². The molecule has 4 rings (SSSR count). The molecule has 138 valence electrons. The number of piperidine rings is 1. The highest BCUT2D eigenvalue weighted by atomic mass is 35.5. The number of carbonyl (C=O) groups excluding carboxylic acids is 1. The summed E-state index contributed by atoms with van der Waals surface area (Å²) >= 11 is 5.93. The molecule has 1 unspecified atom stereocenters. The van der Waals surface area contributed by atoms with Gasteiger partial charge in [-0.3, -0.25) is 9.78 Å². The van der Waals surface area contributed by atoms with Crippen molar-refractivity contribution >= 4 is 23.2 Å². The number of carbonyl (C=O) groups is 1. The second kappa shape index (κ2) is 7.36. The Morgan fingerprint density at radius 1 is 1.26 bits per heavy atom. The van der Waals surface area contributed by atoms with Crippen molar-refractivity contribution in [3.05, 3.63) is 59.2 Å². The number of hydrogen-bond donors (Lipinski definition) is 1. The van der Waals surface area contributed by atoms with Gasteiger partial charge < -0.3 is 15.2 Å². The second-order valence-electron chi connectivity index (χ2n) is 6.51. The molecule has 0 bridgehead atoms. The molecule has 3 heterocycles. The number of benzene rings is 1. The first-order valence-corrected chi connectivity index (χ1v) is 9.08. The second-order valence-corrected chi connectivity index (χ2v) is 6.94. The zero-order valence-corrected chi connectivity index (χ0v) is 15.3. The van der Waals surface area contributed by atoms with Crippen LogP contribution in [0.1, 0.15) is 35.0 Å². The van der Waals surface area contributed by atoms with Crippen molar-refractivity contribution in [3.63, 3.8) is 0 Å². The first-order valence-electron chi connectivity index (χ1n) is 8.70. The van der Waals surface area contributed by atoms with E-state index in [1.54, 1.807) is 18.3 Å². The van der Waals surface area contributed by atoms with Gasteiger partial charge in [-0.05, 0) is 43.2 Å².